The summed E-state index contributed by atoms with van der Waals surface area (Å²) < 4.78 is 5.11. The number of aliphatic hydroxyl groups excluding tert-OH is 1. The lowest BCUT2D eigenvalue weighted by Gasteiger charge is -2.24. The fourth-order valence-corrected chi connectivity index (χ4v) is 2.99. The van der Waals surface area contributed by atoms with Crippen LogP contribution in [0.1, 0.15) is 35.8 Å². The van der Waals surface area contributed by atoms with Gasteiger partial charge in [0.05, 0.1) is 12.8 Å². The van der Waals surface area contributed by atoms with Crippen molar-refractivity contribution in [3.05, 3.63) is 59.5 Å². The molecule has 0 aliphatic carbocycles. The second-order valence-electron chi connectivity index (χ2n) is 6.34. The van der Waals surface area contributed by atoms with Crippen molar-refractivity contribution in [2.75, 3.05) is 6.54 Å². The number of aryl methyl sites for hydroxylation is 1. The zero-order valence-electron chi connectivity index (χ0n) is 14.1. The number of benzene rings is 1. The van der Waals surface area contributed by atoms with E-state index in [2.05, 4.69) is 5.32 Å². The second-order valence-corrected chi connectivity index (χ2v) is 6.34. The first-order valence-corrected chi connectivity index (χ1v) is 8.39. The highest BCUT2D eigenvalue weighted by molar-refractivity contribution is 5.90. The van der Waals surface area contributed by atoms with Gasteiger partial charge in [-0.3, -0.25) is 9.59 Å². The fraction of sp³-hybridized carbons (Fsp3) is 0.368. The minimum absolute atomic E-state index is 0.0210. The quantitative estimate of drug-likeness (QED) is 0.840. The molecular formula is C19H22N2O4. The number of amides is 2. The molecular weight excluding hydrogens is 320 g/mol. The largest absolute Gasteiger partial charge is 0.467 e. The van der Waals surface area contributed by atoms with Gasteiger partial charge in [-0.25, -0.2) is 0 Å². The zero-order valence-corrected chi connectivity index (χ0v) is 14.1. The van der Waals surface area contributed by atoms with Crippen LogP contribution in [0.25, 0.3) is 0 Å². The lowest BCUT2D eigenvalue weighted by atomic mass is 10.1. The highest BCUT2D eigenvalue weighted by Gasteiger charge is 2.36. The van der Waals surface area contributed by atoms with Crippen LogP contribution in [0.4, 0.5) is 0 Å². The predicted octanol–water partition coefficient (Wildman–Crippen LogP) is 1.93. The van der Waals surface area contributed by atoms with E-state index in [9.17, 15) is 14.7 Å². The molecule has 1 aliphatic heterocycles. The summed E-state index contributed by atoms with van der Waals surface area (Å²) in [6.45, 7) is 2.47. The molecule has 1 aromatic heterocycles. The van der Waals surface area contributed by atoms with E-state index in [0.29, 0.717) is 25.1 Å². The van der Waals surface area contributed by atoms with E-state index in [0.717, 1.165) is 11.1 Å². The summed E-state index contributed by atoms with van der Waals surface area (Å²) in [5.41, 5.74) is 2.15. The van der Waals surface area contributed by atoms with Crippen molar-refractivity contribution in [2.24, 2.45) is 0 Å². The molecule has 2 N–H and O–H groups in total. The molecule has 132 valence electrons. The van der Waals surface area contributed by atoms with Gasteiger partial charge in [-0.2, -0.15) is 0 Å². The Labute approximate surface area is 146 Å². The van der Waals surface area contributed by atoms with E-state index in [4.69, 9.17) is 4.42 Å². The maximum atomic E-state index is 12.5. The van der Waals surface area contributed by atoms with Gasteiger partial charge in [0.1, 0.15) is 17.9 Å². The van der Waals surface area contributed by atoms with E-state index in [1.807, 2.05) is 31.2 Å². The number of furan rings is 1. The Balaban J connectivity index is 1.60. The zero-order chi connectivity index (χ0) is 17.8. The lowest BCUT2D eigenvalue weighted by molar-refractivity contribution is -0.136. The molecule has 2 aromatic rings. The minimum Gasteiger partial charge on any atom is -0.467 e. The summed E-state index contributed by atoms with van der Waals surface area (Å²) in [4.78, 5) is 26.3. The Kier molecular flexibility index (Phi) is 5.19. The third-order valence-electron chi connectivity index (χ3n) is 4.45. The molecule has 2 heterocycles. The first kappa shape index (κ1) is 17.2. The normalized spacial score (nSPS) is 18.4. The summed E-state index contributed by atoms with van der Waals surface area (Å²) in [6, 6.07) is 10.7. The number of carbonyl (C=O) groups is 2. The molecule has 2 atom stereocenters. The SMILES string of the molecule is Cc1ccc(CN2C(=O)CC[C@H]2C(=O)NC[C@H](O)c2ccco2)cc1. The van der Waals surface area contributed by atoms with E-state index in [1.54, 1.807) is 17.0 Å². The van der Waals surface area contributed by atoms with Crippen LogP contribution in [0, 0.1) is 6.92 Å². The van der Waals surface area contributed by atoms with Crippen molar-refractivity contribution >= 4 is 11.8 Å². The molecule has 0 radical (unpaired) electrons. The fourth-order valence-electron chi connectivity index (χ4n) is 2.99. The number of likely N-dealkylation sites (tertiary alicyclic amines) is 1. The third-order valence-corrected chi connectivity index (χ3v) is 4.45. The molecule has 6 heteroatoms. The number of nitrogens with zero attached hydrogens (tertiary/aromatic N) is 1. The molecule has 2 amide bonds. The molecule has 0 saturated carbocycles. The molecule has 0 unspecified atom stereocenters. The van der Waals surface area contributed by atoms with Gasteiger partial charge >= 0.3 is 0 Å². The van der Waals surface area contributed by atoms with Crippen molar-refractivity contribution in [2.45, 2.75) is 38.5 Å². The Morgan fingerprint density at radius 1 is 1.36 bits per heavy atom. The highest BCUT2D eigenvalue weighted by atomic mass is 16.4. The van der Waals surface area contributed by atoms with E-state index in [1.165, 1.54) is 6.26 Å². The van der Waals surface area contributed by atoms with Crippen LogP contribution in [0.5, 0.6) is 0 Å². The Morgan fingerprint density at radius 3 is 2.80 bits per heavy atom. The first-order valence-electron chi connectivity index (χ1n) is 8.39. The predicted molar refractivity (Wildman–Crippen MR) is 91.4 cm³/mol. The smallest absolute Gasteiger partial charge is 0.242 e. The Hall–Kier alpha value is -2.60. The lowest BCUT2D eigenvalue weighted by Crippen LogP contribution is -2.45. The van der Waals surface area contributed by atoms with Crippen molar-refractivity contribution < 1.29 is 19.1 Å². The summed E-state index contributed by atoms with van der Waals surface area (Å²) in [6.07, 6.45) is 1.43. The van der Waals surface area contributed by atoms with Crippen LogP contribution in [-0.4, -0.2) is 34.4 Å². The van der Waals surface area contributed by atoms with Gasteiger partial charge < -0.3 is 19.7 Å². The van der Waals surface area contributed by atoms with Gasteiger partial charge in [0, 0.05) is 13.0 Å². The van der Waals surface area contributed by atoms with Crippen molar-refractivity contribution in [3.63, 3.8) is 0 Å². The van der Waals surface area contributed by atoms with Gasteiger partial charge in [-0.1, -0.05) is 29.8 Å². The summed E-state index contributed by atoms with van der Waals surface area (Å²) >= 11 is 0. The number of rotatable bonds is 6. The number of hydrogen-bond donors (Lipinski definition) is 2. The molecule has 25 heavy (non-hydrogen) atoms. The standard InChI is InChI=1S/C19H22N2O4/c1-13-4-6-14(7-5-13)12-21-15(8-9-18(21)23)19(24)20-11-16(22)17-3-2-10-25-17/h2-7,10,15-16,22H,8-9,11-12H2,1H3,(H,20,24)/t15-,16-/m0/s1. The van der Waals surface area contributed by atoms with Crippen LogP contribution >= 0.6 is 0 Å². The van der Waals surface area contributed by atoms with Gasteiger partial charge in [-0.05, 0) is 31.0 Å². The van der Waals surface area contributed by atoms with Crippen molar-refractivity contribution in [3.8, 4) is 0 Å². The average Bonchev–Trinajstić information content (AvgIpc) is 3.25. The molecule has 0 spiro atoms. The second kappa shape index (κ2) is 7.53. The molecule has 1 aliphatic rings. The highest BCUT2D eigenvalue weighted by Crippen LogP contribution is 2.22. The first-order chi connectivity index (χ1) is 12.0. The van der Waals surface area contributed by atoms with Gasteiger partial charge in [0.25, 0.3) is 0 Å². The molecule has 1 fully saturated rings. The number of aliphatic hydroxyl groups is 1. The maximum absolute atomic E-state index is 12.5. The molecule has 3 rings (SSSR count). The van der Waals surface area contributed by atoms with Crippen LogP contribution in [0.3, 0.4) is 0 Å². The van der Waals surface area contributed by atoms with Crippen molar-refractivity contribution in [1.29, 1.82) is 0 Å². The molecule has 6 nitrogen and oxygen atoms in total. The van der Waals surface area contributed by atoms with Crippen LogP contribution in [-0.2, 0) is 16.1 Å². The van der Waals surface area contributed by atoms with Crippen molar-refractivity contribution in [1.82, 2.24) is 10.2 Å². The monoisotopic (exact) mass is 342 g/mol. The summed E-state index contributed by atoms with van der Waals surface area (Å²) in [7, 11) is 0. The average molecular weight is 342 g/mol. The third kappa shape index (κ3) is 4.09. The van der Waals surface area contributed by atoms with Crippen LogP contribution < -0.4 is 5.32 Å². The van der Waals surface area contributed by atoms with E-state index in [-0.39, 0.29) is 18.4 Å². The van der Waals surface area contributed by atoms with Gasteiger partial charge in [0.2, 0.25) is 11.8 Å². The number of nitrogens with one attached hydrogen (secondary N) is 1. The molecule has 1 saturated heterocycles. The minimum atomic E-state index is -0.901. The van der Waals surface area contributed by atoms with Gasteiger partial charge in [0.15, 0.2) is 0 Å². The van der Waals surface area contributed by atoms with Gasteiger partial charge in [-0.15, -0.1) is 0 Å². The topological polar surface area (TPSA) is 82.8 Å². The number of carbonyl (C=O) groups excluding carboxylic acids is 2. The van der Waals surface area contributed by atoms with E-state index >= 15 is 0 Å². The van der Waals surface area contributed by atoms with Crippen LogP contribution in [0.2, 0.25) is 0 Å². The molecule has 1 aromatic carbocycles. The Bertz CT molecular complexity index is 724. The Morgan fingerprint density at radius 2 is 2.12 bits per heavy atom. The number of hydrogen-bond acceptors (Lipinski definition) is 4. The molecule has 0 bridgehead atoms. The summed E-state index contributed by atoms with van der Waals surface area (Å²) in [5, 5.41) is 12.7. The van der Waals surface area contributed by atoms with Crippen LogP contribution in [0.15, 0.2) is 47.1 Å². The maximum Gasteiger partial charge on any atom is 0.242 e. The van der Waals surface area contributed by atoms with E-state index < -0.39 is 12.1 Å². The summed E-state index contributed by atoms with van der Waals surface area (Å²) in [5.74, 6) is 0.134.